The van der Waals surface area contributed by atoms with E-state index >= 15 is 0 Å². The molecule has 1 fully saturated rings. The van der Waals surface area contributed by atoms with Crippen LogP contribution in [0.1, 0.15) is 24.0 Å². The summed E-state index contributed by atoms with van der Waals surface area (Å²) in [6.07, 6.45) is 2.87. The Hall–Kier alpha value is -2.78. The van der Waals surface area contributed by atoms with E-state index in [1.54, 1.807) is 42.3 Å². The molecule has 1 aliphatic heterocycles. The molecule has 2 aromatic rings. The average molecular weight is 417 g/mol. The lowest BCUT2D eigenvalue weighted by Crippen LogP contribution is -2.35. The maximum Gasteiger partial charge on any atom is 0.243 e. The number of carbonyl (C=O) groups is 2. The molecule has 3 rings (SSSR count). The van der Waals surface area contributed by atoms with Crippen LogP contribution >= 0.6 is 0 Å². The van der Waals surface area contributed by atoms with Gasteiger partial charge >= 0.3 is 0 Å². The highest BCUT2D eigenvalue weighted by atomic mass is 32.2. The Bertz CT molecular complexity index is 1050. The molecule has 1 aromatic carbocycles. The number of sulfonamides is 1. The quantitative estimate of drug-likeness (QED) is 0.777. The molecule has 1 aromatic heterocycles. The van der Waals surface area contributed by atoms with Crippen LogP contribution in [-0.4, -0.2) is 49.7 Å². The number of hydrogen-bond donors (Lipinski definition) is 1. The van der Waals surface area contributed by atoms with Crippen molar-refractivity contribution in [2.75, 3.05) is 30.4 Å². The number of carbonyl (C=O) groups excluding carboxylic acids is 2. The fourth-order valence-corrected chi connectivity index (χ4v) is 4.58. The second-order valence-corrected chi connectivity index (χ2v) is 9.14. The summed E-state index contributed by atoms with van der Waals surface area (Å²) >= 11 is 0. The Morgan fingerprint density at radius 1 is 1.24 bits per heavy atom. The van der Waals surface area contributed by atoms with Crippen LogP contribution in [0.25, 0.3) is 0 Å². The largest absolute Gasteiger partial charge is 0.312 e. The van der Waals surface area contributed by atoms with Gasteiger partial charge < -0.3 is 10.2 Å². The van der Waals surface area contributed by atoms with E-state index in [-0.39, 0.29) is 17.3 Å². The standard InChI is InChI=1S/C20H24N4O4S/c1-14-8-9-21-18(11-14)22-19(25)13-23(3)29(27,28)17-7-6-16(12-15(17)2)24-10-4-5-20(24)26/h6-9,11-12H,4-5,10,13H2,1-3H3,(H,21,22,25). The molecule has 0 saturated carbocycles. The van der Waals surface area contributed by atoms with Crippen molar-refractivity contribution in [1.29, 1.82) is 0 Å². The zero-order valence-electron chi connectivity index (χ0n) is 16.7. The summed E-state index contributed by atoms with van der Waals surface area (Å²) in [7, 11) is -2.51. The van der Waals surface area contributed by atoms with E-state index in [0.29, 0.717) is 30.0 Å². The number of aromatic nitrogens is 1. The van der Waals surface area contributed by atoms with Gasteiger partial charge in [-0.25, -0.2) is 13.4 Å². The van der Waals surface area contributed by atoms with Crippen LogP contribution in [0, 0.1) is 13.8 Å². The minimum absolute atomic E-state index is 0.0403. The van der Waals surface area contributed by atoms with Gasteiger partial charge in [-0.1, -0.05) is 0 Å². The van der Waals surface area contributed by atoms with Crippen molar-refractivity contribution < 1.29 is 18.0 Å². The maximum absolute atomic E-state index is 12.9. The van der Waals surface area contributed by atoms with Gasteiger partial charge in [0.1, 0.15) is 5.82 Å². The highest BCUT2D eigenvalue weighted by molar-refractivity contribution is 7.89. The van der Waals surface area contributed by atoms with E-state index in [4.69, 9.17) is 0 Å². The number of hydrogen-bond acceptors (Lipinski definition) is 5. The molecule has 1 saturated heterocycles. The van der Waals surface area contributed by atoms with Crippen LogP contribution in [0.2, 0.25) is 0 Å². The van der Waals surface area contributed by atoms with Crippen molar-refractivity contribution >= 4 is 33.3 Å². The number of rotatable bonds is 6. The van der Waals surface area contributed by atoms with Crippen molar-refractivity contribution in [3.63, 3.8) is 0 Å². The minimum atomic E-state index is -3.87. The van der Waals surface area contributed by atoms with Crippen molar-refractivity contribution in [3.8, 4) is 0 Å². The first-order valence-electron chi connectivity index (χ1n) is 9.28. The Labute approximate surface area is 170 Å². The zero-order valence-corrected chi connectivity index (χ0v) is 17.5. The lowest BCUT2D eigenvalue weighted by molar-refractivity contribution is -0.117. The maximum atomic E-state index is 12.9. The molecule has 0 radical (unpaired) electrons. The second-order valence-electron chi connectivity index (χ2n) is 7.13. The molecule has 2 amide bonds. The summed E-state index contributed by atoms with van der Waals surface area (Å²) in [6.45, 7) is 3.85. The van der Waals surface area contributed by atoms with Gasteiger partial charge in [0.2, 0.25) is 21.8 Å². The molecule has 0 spiro atoms. The number of nitrogens with one attached hydrogen (secondary N) is 1. The first-order chi connectivity index (χ1) is 13.7. The lowest BCUT2D eigenvalue weighted by Gasteiger charge is -2.20. The minimum Gasteiger partial charge on any atom is -0.312 e. The van der Waals surface area contributed by atoms with E-state index in [0.717, 1.165) is 16.3 Å². The van der Waals surface area contributed by atoms with E-state index in [1.807, 2.05) is 6.92 Å². The van der Waals surface area contributed by atoms with Crippen molar-refractivity contribution in [2.24, 2.45) is 0 Å². The normalized spacial score (nSPS) is 14.5. The molecule has 0 unspecified atom stereocenters. The average Bonchev–Trinajstić information content (AvgIpc) is 3.07. The van der Waals surface area contributed by atoms with Crippen LogP contribution in [0.4, 0.5) is 11.5 Å². The predicted octanol–water partition coefficient (Wildman–Crippen LogP) is 2.08. The fourth-order valence-electron chi connectivity index (χ4n) is 3.25. The van der Waals surface area contributed by atoms with Gasteiger partial charge in [0.15, 0.2) is 0 Å². The number of likely N-dealkylation sites (N-methyl/N-ethyl adjacent to an activating group) is 1. The molecule has 154 valence electrons. The van der Waals surface area contributed by atoms with Gasteiger partial charge in [-0.15, -0.1) is 0 Å². The molecule has 29 heavy (non-hydrogen) atoms. The molecule has 1 aliphatic rings. The summed E-state index contributed by atoms with van der Waals surface area (Å²) in [6, 6.07) is 8.32. The van der Waals surface area contributed by atoms with Gasteiger partial charge in [-0.2, -0.15) is 4.31 Å². The number of benzene rings is 1. The topological polar surface area (TPSA) is 99.7 Å². The molecule has 0 aliphatic carbocycles. The lowest BCUT2D eigenvalue weighted by atomic mass is 10.2. The van der Waals surface area contributed by atoms with Gasteiger partial charge in [-0.05, 0) is 61.7 Å². The summed E-state index contributed by atoms with van der Waals surface area (Å²) < 4.78 is 26.9. The Morgan fingerprint density at radius 3 is 2.62 bits per heavy atom. The molecule has 1 N–H and O–H groups in total. The third kappa shape index (κ3) is 4.63. The van der Waals surface area contributed by atoms with Crippen LogP contribution in [0.3, 0.4) is 0 Å². The Kier molecular flexibility index (Phi) is 5.99. The van der Waals surface area contributed by atoms with Gasteiger partial charge in [0.05, 0.1) is 11.4 Å². The van der Waals surface area contributed by atoms with Gasteiger partial charge in [-0.3, -0.25) is 9.59 Å². The molecule has 0 atom stereocenters. The number of nitrogens with zero attached hydrogens (tertiary/aromatic N) is 3. The van der Waals surface area contributed by atoms with Gasteiger partial charge in [0.25, 0.3) is 0 Å². The molecular formula is C20H24N4O4S. The fraction of sp³-hybridized carbons (Fsp3) is 0.350. The van der Waals surface area contributed by atoms with Crippen molar-refractivity contribution in [3.05, 3.63) is 47.7 Å². The van der Waals surface area contributed by atoms with E-state index in [2.05, 4.69) is 10.3 Å². The van der Waals surface area contributed by atoms with E-state index in [9.17, 15) is 18.0 Å². The number of pyridine rings is 1. The number of anilines is 2. The van der Waals surface area contributed by atoms with Gasteiger partial charge in [0, 0.05) is 31.9 Å². The smallest absolute Gasteiger partial charge is 0.243 e. The second kappa shape index (κ2) is 8.30. The summed E-state index contributed by atoms with van der Waals surface area (Å²) in [4.78, 5) is 30.0. The Balaban J connectivity index is 1.73. The highest BCUT2D eigenvalue weighted by Gasteiger charge is 2.27. The summed E-state index contributed by atoms with van der Waals surface area (Å²) in [5.74, 6) is -0.0683. The summed E-state index contributed by atoms with van der Waals surface area (Å²) in [5, 5.41) is 2.60. The Morgan fingerprint density at radius 2 is 2.00 bits per heavy atom. The third-order valence-electron chi connectivity index (χ3n) is 4.78. The van der Waals surface area contributed by atoms with E-state index in [1.165, 1.54) is 13.1 Å². The molecule has 8 nitrogen and oxygen atoms in total. The molecule has 2 heterocycles. The first kappa shape index (κ1) is 20.9. The highest BCUT2D eigenvalue weighted by Crippen LogP contribution is 2.27. The SMILES string of the molecule is Cc1ccnc(NC(=O)CN(C)S(=O)(=O)c2ccc(N3CCCC3=O)cc2C)c1. The molecule has 0 bridgehead atoms. The molecule has 9 heteroatoms. The number of aryl methyl sites for hydroxylation is 2. The number of amides is 2. The van der Waals surface area contributed by atoms with Crippen LogP contribution in [0.15, 0.2) is 41.4 Å². The molecular weight excluding hydrogens is 392 g/mol. The van der Waals surface area contributed by atoms with Crippen LogP contribution in [0.5, 0.6) is 0 Å². The predicted molar refractivity (Wildman–Crippen MR) is 110 cm³/mol. The van der Waals surface area contributed by atoms with Crippen molar-refractivity contribution in [1.82, 2.24) is 9.29 Å². The van der Waals surface area contributed by atoms with Crippen LogP contribution < -0.4 is 10.2 Å². The van der Waals surface area contributed by atoms with Crippen molar-refractivity contribution in [2.45, 2.75) is 31.6 Å². The first-order valence-corrected chi connectivity index (χ1v) is 10.7. The monoisotopic (exact) mass is 416 g/mol. The van der Waals surface area contributed by atoms with Crippen LogP contribution in [-0.2, 0) is 19.6 Å². The zero-order chi connectivity index (χ0) is 21.2. The third-order valence-corrected chi connectivity index (χ3v) is 6.74. The van der Waals surface area contributed by atoms with E-state index < -0.39 is 15.9 Å². The summed E-state index contributed by atoms with van der Waals surface area (Å²) in [5.41, 5.74) is 2.15.